The van der Waals surface area contributed by atoms with Crippen LogP contribution < -0.4 is 0 Å². The molecule has 3 heteroatoms. The largest absolute Gasteiger partial charge is 0.260 e. The average molecular weight is 739 g/mol. The van der Waals surface area contributed by atoms with Gasteiger partial charge in [0.15, 0.2) is 0 Å². The van der Waals surface area contributed by atoms with Gasteiger partial charge in [0.1, 0.15) is 0 Å². The molecule has 0 N–H and O–H groups in total. The van der Waals surface area contributed by atoms with Gasteiger partial charge in [-0.25, -0.2) is 4.98 Å². The number of hydrogen-bond donors (Lipinski definition) is 0. The Kier molecular flexibility index (Phi) is 6.35. The van der Waals surface area contributed by atoms with Gasteiger partial charge in [-0.05, 0) is 137 Å². The summed E-state index contributed by atoms with van der Waals surface area (Å²) >= 11 is 1.87. The van der Waals surface area contributed by atoms with E-state index in [-0.39, 0.29) is 0 Å². The van der Waals surface area contributed by atoms with Gasteiger partial charge in [0.2, 0.25) is 0 Å². The van der Waals surface area contributed by atoms with Crippen LogP contribution in [0.5, 0.6) is 0 Å². The first kappa shape index (κ1) is 31.1. The molecule has 0 saturated carbocycles. The molecule has 0 bridgehead atoms. The molecule has 0 atom stereocenters. The lowest BCUT2D eigenvalue weighted by molar-refractivity contribution is 1.21. The van der Waals surface area contributed by atoms with E-state index in [9.17, 15) is 0 Å². The molecule has 2 nitrogen and oxygen atoms in total. The van der Waals surface area contributed by atoms with Crippen LogP contribution in [-0.4, -0.2) is 9.97 Å². The minimum Gasteiger partial charge on any atom is -0.260 e. The zero-order valence-corrected chi connectivity index (χ0v) is 31.4. The van der Waals surface area contributed by atoms with Gasteiger partial charge in [-0.15, -0.1) is 11.3 Å². The van der Waals surface area contributed by atoms with Crippen LogP contribution in [0.3, 0.4) is 0 Å². The first-order valence-corrected chi connectivity index (χ1v) is 20.3. The summed E-state index contributed by atoms with van der Waals surface area (Å²) in [6, 6.07) is 62.7. The zero-order chi connectivity index (χ0) is 37.2. The highest BCUT2D eigenvalue weighted by molar-refractivity contribution is 7.25. The predicted octanol–water partition coefficient (Wildman–Crippen LogP) is 15.1. The van der Waals surface area contributed by atoms with E-state index in [1.54, 1.807) is 0 Å². The smallest absolute Gasteiger partial charge is 0.0893 e. The van der Waals surface area contributed by atoms with Crippen molar-refractivity contribution in [3.05, 3.63) is 182 Å². The van der Waals surface area contributed by atoms with E-state index in [1.807, 2.05) is 23.7 Å². The van der Waals surface area contributed by atoms with Crippen LogP contribution in [0.15, 0.2) is 182 Å². The molecule has 11 aromatic rings. The third-order valence-corrected chi connectivity index (χ3v) is 13.3. The van der Waals surface area contributed by atoms with Crippen molar-refractivity contribution in [2.45, 2.75) is 0 Å². The molecule has 0 radical (unpaired) electrons. The number of nitrogens with zero attached hydrogens (tertiary/aromatic N) is 2. The summed E-state index contributed by atoms with van der Waals surface area (Å²) in [5.74, 6) is 0. The van der Waals surface area contributed by atoms with Gasteiger partial charge < -0.3 is 0 Å². The first-order valence-electron chi connectivity index (χ1n) is 19.5. The second-order valence-electron chi connectivity index (χ2n) is 15.3. The molecule has 0 unspecified atom stereocenters. The maximum absolute atomic E-state index is 5.25. The quantitative estimate of drug-likeness (QED) is 0.180. The van der Waals surface area contributed by atoms with Crippen molar-refractivity contribution in [2.75, 3.05) is 0 Å². The predicted molar refractivity (Wildman–Crippen MR) is 241 cm³/mol. The Labute approximate surface area is 333 Å². The van der Waals surface area contributed by atoms with E-state index in [4.69, 9.17) is 9.97 Å². The van der Waals surface area contributed by atoms with E-state index in [0.717, 1.165) is 22.5 Å². The van der Waals surface area contributed by atoms with Gasteiger partial charge in [-0.1, -0.05) is 121 Å². The molecule has 13 rings (SSSR count). The van der Waals surface area contributed by atoms with E-state index < -0.39 is 0 Å². The lowest BCUT2D eigenvalue weighted by Gasteiger charge is -2.12. The Bertz CT molecular complexity index is 3540. The molecule has 2 aromatic heterocycles. The van der Waals surface area contributed by atoms with Crippen molar-refractivity contribution in [2.24, 2.45) is 0 Å². The first-order chi connectivity index (χ1) is 28.2. The van der Waals surface area contributed by atoms with Gasteiger partial charge in [0.05, 0.1) is 23.8 Å². The fourth-order valence-corrected chi connectivity index (χ4v) is 10.8. The molecule has 0 spiro atoms. The van der Waals surface area contributed by atoms with Crippen LogP contribution in [-0.2, 0) is 0 Å². The summed E-state index contributed by atoms with van der Waals surface area (Å²) < 4.78 is 2.66. The Morgan fingerprint density at radius 2 is 0.947 bits per heavy atom. The summed E-state index contributed by atoms with van der Waals surface area (Å²) in [5, 5.41) is 7.79. The topological polar surface area (TPSA) is 25.8 Å². The molecule has 0 fully saturated rings. The number of rotatable bonds is 4. The summed E-state index contributed by atoms with van der Waals surface area (Å²) in [5.41, 5.74) is 19.0. The third kappa shape index (κ3) is 4.52. The summed E-state index contributed by atoms with van der Waals surface area (Å²) in [6.45, 7) is 0. The minimum absolute atomic E-state index is 0.859. The molecule has 2 aliphatic carbocycles. The van der Waals surface area contributed by atoms with Gasteiger partial charge in [0, 0.05) is 31.3 Å². The average Bonchev–Trinajstić information content (AvgIpc) is 3.93. The molecule has 57 heavy (non-hydrogen) atoms. The molecule has 9 aromatic carbocycles. The number of benzene rings is 9. The van der Waals surface area contributed by atoms with Crippen molar-refractivity contribution < 1.29 is 0 Å². The highest BCUT2D eigenvalue weighted by Gasteiger charge is 2.26. The van der Waals surface area contributed by atoms with Crippen molar-refractivity contribution in [3.63, 3.8) is 0 Å². The molecule has 0 saturated heterocycles. The van der Waals surface area contributed by atoms with Crippen LogP contribution in [0.4, 0.5) is 0 Å². The van der Waals surface area contributed by atoms with E-state index in [0.29, 0.717) is 0 Å². The summed E-state index contributed by atoms with van der Waals surface area (Å²) in [7, 11) is 0. The van der Waals surface area contributed by atoms with Crippen LogP contribution in [0.25, 0.3) is 131 Å². The second-order valence-corrected chi connectivity index (χ2v) is 16.4. The third-order valence-electron chi connectivity index (χ3n) is 12.2. The van der Waals surface area contributed by atoms with Crippen molar-refractivity contribution in [3.8, 4) is 89.3 Å². The van der Waals surface area contributed by atoms with Crippen molar-refractivity contribution in [1.82, 2.24) is 9.97 Å². The lowest BCUT2D eigenvalue weighted by atomic mass is 9.92. The number of thiophene rings is 1. The highest BCUT2D eigenvalue weighted by Crippen LogP contribution is 2.53. The number of aromatic nitrogens is 2. The number of fused-ring (bicyclic) bond motifs is 9. The monoisotopic (exact) mass is 738 g/mol. The normalized spacial score (nSPS) is 12.2. The van der Waals surface area contributed by atoms with Gasteiger partial charge in [-0.2, -0.15) is 0 Å². The molecular weight excluding hydrogens is 709 g/mol. The minimum atomic E-state index is 0.859. The molecule has 2 aliphatic rings. The standard InChI is InChI=1S/C54H30N2S/c1-2-14-40-39(13-1)42-17-6-11-35-25-37(28-46(40)52(35)42)49-30-55-29-48(56-49)33-10-5-9-32(23-33)38-16-8-18-43-47-27-36(24-34-12-7-19-44(53(34)47)54(38)43)31-21-22-51-45(26-31)41-15-3-4-20-50(41)57-51/h1-30H. The lowest BCUT2D eigenvalue weighted by Crippen LogP contribution is -1.92. The zero-order valence-electron chi connectivity index (χ0n) is 30.6. The van der Waals surface area contributed by atoms with E-state index in [2.05, 4.69) is 170 Å². The maximum Gasteiger partial charge on any atom is 0.0893 e. The Morgan fingerprint density at radius 3 is 1.84 bits per heavy atom. The molecule has 262 valence electrons. The molecule has 0 amide bonds. The van der Waals surface area contributed by atoms with Gasteiger partial charge >= 0.3 is 0 Å². The van der Waals surface area contributed by atoms with Crippen molar-refractivity contribution in [1.29, 1.82) is 0 Å². The van der Waals surface area contributed by atoms with Crippen LogP contribution in [0.1, 0.15) is 0 Å². The molecular formula is C54H30N2S. The van der Waals surface area contributed by atoms with Gasteiger partial charge in [-0.3, -0.25) is 4.98 Å². The SMILES string of the molecule is c1cc(-c2cncc(-c3cc4c5c(cccc5c3)-c3ccccc3-4)n2)cc(-c2cccc3c2-c2cccc4cc(-c5ccc6sc7ccccc7c6c5)cc-3c24)c1. The fraction of sp³-hybridized carbons (Fsp3) is 0. The molecule has 0 aliphatic heterocycles. The fourth-order valence-electron chi connectivity index (χ4n) is 9.68. The van der Waals surface area contributed by atoms with Crippen LogP contribution >= 0.6 is 11.3 Å². The van der Waals surface area contributed by atoms with Crippen molar-refractivity contribution >= 4 is 53.1 Å². The maximum atomic E-state index is 5.25. The van der Waals surface area contributed by atoms with Crippen LogP contribution in [0.2, 0.25) is 0 Å². The number of hydrogen-bond acceptors (Lipinski definition) is 3. The van der Waals surface area contributed by atoms with E-state index in [1.165, 1.54) is 108 Å². The van der Waals surface area contributed by atoms with Crippen LogP contribution in [0, 0.1) is 0 Å². The molecule has 2 heterocycles. The van der Waals surface area contributed by atoms with Gasteiger partial charge in [0.25, 0.3) is 0 Å². The Morgan fingerprint density at radius 1 is 0.333 bits per heavy atom. The second kappa shape index (κ2) is 11.7. The summed E-state index contributed by atoms with van der Waals surface area (Å²) in [6.07, 6.45) is 3.78. The highest BCUT2D eigenvalue weighted by atomic mass is 32.1. The summed E-state index contributed by atoms with van der Waals surface area (Å²) in [4.78, 5) is 9.99. The Balaban J connectivity index is 0.906. The Hall–Kier alpha value is -7.20. The van der Waals surface area contributed by atoms with E-state index >= 15 is 0 Å².